The van der Waals surface area contributed by atoms with Gasteiger partial charge in [-0.25, -0.2) is 0 Å². The molecule has 0 heterocycles. The second-order valence-electron chi connectivity index (χ2n) is 13.1. The summed E-state index contributed by atoms with van der Waals surface area (Å²) in [6.45, 7) is 12.6. The molecule has 33 heavy (non-hydrogen) atoms. The van der Waals surface area contributed by atoms with Crippen molar-refractivity contribution < 1.29 is 19.7 Å². The van der Waals surface area contributed by atoms with Crippen LogP contribution in [0.25, 0.3) is 0 Å². The van der Waals surface area contributed by atoms with E-state index < -0.39 is 11.2 Å². The molecule has 0 bridgehead atoms. The highest BCUT2D eigenvalue weighted by Crippen LogP contribution is 2.69. The maximum absolute atomic E-state index is 12.1. The number of carbonyl (C=O) groups is 1. The zero-order valence-electron chi connectivity index (χ0n) is 22.0. The third-order valence-electron chi connectivity index (χ3n) is 10.9. The highest BCUT2D eigenvalue weighted by Gasteiger charge is 2.68. The van der Waals surface area contributed by atoms with Gasteiger partial charge in [-0.3, -0.25) is 4.79 Å². The maximum atomic E-state index is 12.1. The molecular weight excluding hydrogens is 412 g/mol. The summed E-state index contributed by atoms with van der Waals surface area (Å²) in [4.78, 5) is 11.5. The minimum Gasteiger partial charge on any atom is -0.462 e. The Morgan fingerprint density at radius 1 is 1.18 bits per heavy atom. The molecule has 3 fully saturated rings. The van der Waals surface area contributed by atoms with Gasteiger partial charge in [-0.15, -0.1) is 0 Å². The Labute approximate surface area is 201 Å². The molecule has 0 unspecified atom stereocenters. The summed E-state index contributed by atoms with van der Waals surface area (Å²) >= 11 is 0. The highest BCUT2D eigenvalue weighted by atomic mass is 16.5. The van der Waals surface area contributed by atoms with Crippen molar-refractivity contribution in [2.45, 2.75) is 129 Å². The SMILES string of the molecule is CC(=O)O[C@H]1CC[C@@]2(C)C(=CC[C@@H]3[C@@H]2CC[C@@]2(C)[C@H]3CC[C@]2(O)[C@](C)(O)CCCC(C)C)C1. The predicted octanol–water partition coefficient (Wildman–Crippen LogP) is 6.19. The first kappa shape index (κ1) is 25.2. The first-order valence-corrected chi connectivity index (χ1v) is 13.7. The van der Waals surface area contributed by atoms with Crippen LogP contribution in [0.15, 0.2) is 11.6 Å². The summed E-state index contributed by atoms with van der Waals surface area (Å²) in [7, 11) is 0. The van der Waals surface area contributed by atoms with E-state index in [0.717, 1.165) is 57.8 Å². The molecule has 0 saturated heterocycles. The fourth-order valence-corrected chi connectivity index (χ4v) is 8.92. The quantitative estimate of drug-likeness (QED) is 0.366. The van der Waals surface area contributed by atoms with E-state index in [9.17, 15) is 15.0 Å². The Bertz CT molecular complexity index is 784. The molecule has 2 N–H and O–H groups in total. The lowest BCUT2D eigenvalue weighted by molar-refractivity contribution is -0.219. The van der Waals surface area contributed by atoms with Crippen LogP contribution in [0, 0.1) is 34.5 Å². The molecule has 3 saturated carbocycles. The topological polar surface area (TPSA) is 66.8 Å². The number of hydrogen-bond donors (Lipinski definition) is 2. The number of ether oxygens (including phenoxy) is 1. The molecule has 0 aromatic rings. The third kappa shape index (κ3) is 4.01. The van der Waals surface area contributed by atoms with Crippen molar-refractivity contribution in [1.82, 2.24) is 0 Å². The van der Waals surface area contributed by atoms with Gasteiger partial charge < -0.3 is 14.9 Å². The normalized spacial score (nSPS) is 44.3. The van der Waals surface area contributed by atoms with E-state index in [-0.39, 0.29) is 22.9 Å². The fraction of sp³-hybridized carbons (Fsp3) is 0.897. The van der Waals surface area contributed by atoms with Crippen LogP contribution in [0.5, 0.6) is 0 Å². The number of carbonyl (C=O) groups excluding carboxylic acids is 1. The zero-order valence-corrected chi connectivity index (χ0v) is 22.0. The van der Waals surface area contributed by atoms with Gasteiger partial charge in [-0.2, -0.15) is 0 Å². The number of esters is 1. The van der Waals surface area contributed by atoms with E-state index in [1.807, 2.05) is 6.92 Å². The minimum atomic E-state index is -1.04. The van der Waals surface area contributed by atoms with Crippen LogP contribution in [0.1, 0.15) is 112 Å². The molecular formula is C29H48O4. The Morgan fingerprint density at radius 3 is 2.55 bits per heavy atom. The first-order valence-electron chi connectivity index (χ1n) is 13.7. The molecule has 4 aliphatic carbocycles. The van der Waals surface area contributed by atoms with E-state index in [2.05, 4.69) is 33.8 Å². The second-order valence-corrected chi connectivity index (χ2v) is 13.1. The van der Waals surface area contributed by atoms with Gasteiger partial charge in [0.05, 0.1) is 11.2 Å². The average molecular weight is 461 g/mol. The van der Waals surface area contributed by atoms with Gasteiger partial charge in [-0.1, -0.05) is 52.2 Å². The summed E-state index contributed by atoms with van der Waals surface area (Å²) in [5, 5.41) is 23.8. The van der Waals surface area contributed by atoms with Crippen LogP contribution in [0.3, 0.4) is 0 Å². The van der Waals surface area contributed by atoms with Gasteiger partial charge in [0.1, 0.15) is 6.10 Å². The van der Waals surface area contributed by atoms with E-state index in [1.165, 1.54) is 12.5 Å². The Morgan fingerprint density at radius 2 is 1.88 bits per heavy atom. The monoisotopic (exact) mass is 460 g/mol. The highest BCUT2D eigenvalue weighted by molar-refractivity contribution is 5.66. The molecule has 0 amide bonds. The molecule has 0 radical (unpaired) electrons. The molecule has 0 aromatic heterocycles. The van der Waals surface area contributed by atoms with Crippen LogP contribution in [0.4, 0.5) is 0 Å². The smallest absolute Gasteiger partial charge is 0.302 e. The largest absolute Gasteiger partial charge is 0.462 e. The number of fused-ring (bicyclic) bond motifs is 5. The molecule has 4 heteroatoms. The number of aliphatic hydroxyl groups is 2. The van der Waals surface area contributed by atoms with Crippen molar-refractivity contribution in [1.29, 1.82) is 0 Å². The number of allylic oxidation sites excluding steroid dienone is 1. The van der Waals surface area contributed by atoms with Crippen LogP contribution >= 0.6 is 0 Å². The Kier molecular flexibility index (Phi) is 6.62. The van der Waals surface area contributed by atoms with E-state index in [4.69, 9.17) is 4.74 Å². The Hall–Kier alpha value is -0.870. The molecule has 8 atom stereocenters. The first-order chi connectivity index (χ1) is 15.3. The van der Waals surface area contributed by atoms with Crippen LogP contribution < -0.4 is 0 Å². The summed E-state index contributed by atoms with van der Waals surface area (Å²) in [5.74, 6) is 2.11. The summed E-state index contributed by atoms with van der Waals surface area (Å²) in [6, 6.07) is 0. The lowest BCUT2D eigenvalue weighted by Gasteiger charge is -2.60. The lowest BCUT2D eigenvalue weighted by Crippen LogP contribution is -2.63. The molecule has 4 rings (SSSR count). The molecule has 4 aliphatic rings. The maximum Gasteiger partial charge on any atom is 0.302 e. The second kappa shape index (κ2) is 8.66. The number of hydrogen-bond acceptors (Lipinski definition) is 4. The van der Waals surface area contributed by atoms with Gasteiger partial charge in [-0.05, 0) is 87.4 Å². The molecule has 0 spiro atoms. The van der Waals surface area contributed by atoms with Crippen LogP contribution in [0.2, 0.25) is 0 Å². The summed E-state index contributed by atoms with van der Waals surface area (Å²) in [6.07, 6.45) is 13.1. The zero-order chi connectivity index (χ0) is 24.2. The van der Waals surface area contributed by atoms with Gasteiger partial charge in [0.2, 0.25) is 0 Å². The average Bonchev–Trinajstić information content (AvgIpc) is 3.00. The summed E-state index contributed by atoms with van der Waals surface area (Å²) in [5.41, 5.74) is -0.600. The standard InChI is InChI=1S/C29H48O4/c1-19(2)8-7-14-28(6,31)29(32)17-13-25-23-10-9-21-18-22(33-20(3)30)11-15-26(21,4)24(23)12-16-27(25,29)5/h9,19,22-25,31-32H,7-8,10-18H2,1-6H3/t22-,23+,24-,25-,26-,27-,28+,29+/m0/s1. The van der Waals surface area contributed by atoms with Crippen LogP contribution in [-0.2, 0) is 9.53 Å². The molecule has 188 valence electrons. The minimum absolute atomic E-state index is 0.0322. The van der Waals surface area contributed by atoms with Gasteiger partial charge in [0.15, 0.2) is 0 Å². The van der Waals surface area contributed by atoms with Crippen molar-refractivity contribution in [3.63, 3.8) is 0 Å². The van der Waals surface area contributed by atoms with Crippen molar-refractivity contribution in [2.24, 2.45) is 34.5 Å². The third-order valence-corrected chi connectivity index (χ3v) is 10.9. The fourth-order valence-electron chi connectivity index (χ4n) is 8.92. The van der Waals surface area contributed by atoms with Gasteiger partial charge in [0, 0.05) is 18.8 Å². The van der Waals surface area contributed by atoms with Crippen molar-refractivity contribution in [3.05, 3.63) is 11.6 Å². The molecule has 0 aliphatic heterocycles. The number of rotatable bonds is 6. The van der Waals surface area contributed by atoms with Gasteiger partial charge >= 0.3 is 5.97 Å². The van der Waals surface area contributed by atoms with Crippen LogP contribution in [-0.4, -0.2) is 33.5 Å². The molecule has 0 aromatic carbocycles. The predicted molar refractivity (Wildman–Crippen MR) is 132 cm³/mol. The van der Waals surface area contributed by atoms with E-state index >= 15 is 0 Å². The van der Waals surface area contributed by atoms with E-state index in [0.29, 0.717) is 36.5 Å². The van der Waals surface area contributed by atoms with Crippen molar-refractivity contribution >= 4 is 5.97 Å². The van der Waals surface area contributed by atoms with E-state index in [1.54, 1.807) is 0 Å². The Balaban J connectivity index is 1.54. The van der Waals surface area contributed by atoms with Crippen molar-refractivity contribution in [2.75, 3.05) is 0 Å². The lowest BCUT2D eigenvalue weighted by atomic mass is 9.46. The van der Waals surface area contributed by atoms with Crippen molar-refractivity contribution in [3.8, 4) is 0 Å². The van der Waals surface area contributed by atoms with Gasteiger partial charge in [0.25, 0.3) is 0 Å². The summed E-state index contributed by atoms with van der Waals surface area (Å²) < 4.78 is 5.58. The molecule has 4 nitrogen and oxygen atoms in total.